The van der Waals surface area contributed by atoms with E-state index in [1.54, 1.807) is 4.68 Å². The first-order valence-corrected chi connectivity index (χ1v) is 5.24. The maximum atomic E-state index is 12.0. The SMILES string of the molecule is O=c1c2c([nH]n1-c1ccccc1)CCC2. The summed E-state index contributed by atoms with van der Waals surface area (Å²) >= 11 is 0. The van der Waals surface area contributed by atoms with E-state index < -0.39 is 0 Å². The van der Waals surface area contributed by atoms with Gasteiger partial charge in [-0.3, -0.25) is 9.89 Å². The van der Waals surface area contributed by atoms with Crippen LogP contribution in [0.1, 0.15) is 17.7 Å². The summed E-state index contributed by atoms with van der Waals surface area (Å²) in [5.41, 5.74) is 3.12. The minimum Gasteiger partial charge on any atom is -0.295 e. The third-order valence-electron chi connectivity index (χ3n) is 2.94. The lowest BCUT2D eigenvalue weighted by molar-refractivity contribution is 0.780. The molecule has 0 fully saturated rings. The van der Waals surface area contributed by atoms with Crippen LogP contribution in [0.4, 0.5) is 0 Å². The summed E-state index contributed by atoms with van der Waals surface area (Å²) in [6.07, 6.45) is 3.03. The minimum atomic E-state index is 0.119. The molecule has 76 valence electrons. The first-order chi connectivity index (χ1) is 7.36. The van der Waals surface area contributed by atoms with E-state index >= 15 is 0 Å². The number of H-pyrrole nitrogens is 1. The minimum absolute atomic E-state index is 0.119. The van der Waals surface area contributed by atoms with Crippen molar-refractivity contribution in [2.24, 2.45) is 0 Å². The Morgan fingerprint density at radius 1 is 1.13 bits per heavy atom. The van der Waals surface area contributed by atoms with E-state index in [1.807, 2.05) is 30.3 Å². The second kappa shape index (κ2) is 3.12. The van der Waals surface area contributed by atoms with Crippen molar-refractivity contribution in [2.75, 3.05) is 0 Å². The highest BCUT2D eigenvalue weighted by Crippen LogP contribution is 2.17. The van der Waals surface area contributed by atoms with Crippen LogP contribution in [0.25, 0.3) is 5.69 Å². The number of rotatable bonds is 1. The Kier molecular flexibility index (Phi) is 1.78. The Morgan fingerprint density at radius 3 is 2.67 bits per heavy atom. The number of para-hydroxylation sites is 1. The van der Waals surface area contributed by atoms with E-state index in [-0.39, 0.29) is 5.56 Å². The van der Waals surface area contributed by atoms with Gasteiger partial charge in [0.15, 0.2) is 0 Å². The molecule has 0 amide bonds. The number of aryl methyl sites for hydroxylation is 1. The van der Waals surface area contributed by atoms with Crippen molar-refractivity contribution < 1.29 is 0 Å². The average molecular weight is 200 g/mol. The van der Waals surface area contributed by atoms with Crippen molar-refractivity contribution in [1.29, 1.82) is 0 Å². The Morgan fingerprint density at radius 2 is 1.93 bits per heavy atom. The van der Waals surface area contributed by atoms with Gasteiger partial charge in [-0.1, -0.05) is 18.2 Å². The molecule has 3 nitrogen and oxygen atoms in total. The lowest BCUT2D eigenvalue weighted by Gasteiger charge is -2.00. The number of nitrogens with one attached hydrogen (secondary N) is 1. The van der Waals surface area contributed by atoms with Crippen LogP contribution in [-0.4, -0.2) is 9.78 Å². The first-order valence-electron chi connectivity index (χ1n) is 5.24. The Labute approximate surface area is 87.3 Å². The monoisotopic (exact) mass is 200 g/mol. The molecule has 1 N–H and O–H groups in total. The zero-order valence-corrected chi connectivity index (χ0v) is 8.36. The van der Waals surface area contributed by atoms with Gasteiger partial charge in [-0.25, -0.2) is 4.68 Å². The van der Waals surface area contributed by atoms with E-state index in [4.69, 9.17) is 0 Å². The highest BCUT2D eigenvalue weighted by Gasteiger charge is 2.19. The number of fused-ring (bicyclic) bond motifs is 1. The zero-order chi connectivity index (χ0) is 10.3. The van der Waals surface area contributed by atoms with E-state index in [2.05, 4.69) is 5.10 Å². The summed E-state index contributed by atoms with van der Waals surface area (Å²) in [5, 5.41) is 3.18. The topological polar surface area (TPSA) is 37.8 Å². The van der Waals surface area contributed by atoms with Gasteiger partial charge in [0.2, 0.25) is 0 Å². The van der Waals surface area contributed by atoms with Gasteiger partial charge in [0, 0.05) is 11.3 Å². The van der Waals surface area contributed by atoms with Gasteiger partial charge in [0.1, 0.15) is 0 Å². The predicted octanol–water partition coefficient (Wildman–Crippen LogP) is 1.65. The fourth-order valence-corrected chi connectivity index (χ4v) is 2.18. The van der Waals surface area contributed by atoms with Gasteiger partial charge in [0.25, 0.3) is 5.56 Å². The van der Waals surface area contributed by atoms with Crippen molar-refractivity contribution in [1.82, 2.24) is 9.78 Å². The fourth-order valence-electron chi connectivity index (χ4n) is 2.18. The van der Waals surface area contributed by atoms with Gasteiger partial charge in [0.05, 0.1) is 5.69 Å². The average Bonchev–Trinajstić information content (AvgIpc) is 2.83. The number of benzene rings is 1. The van der Waals surface area contributed by atoms with Crippen molar-refractivity contribution in [2.45, 2.75) is 19.3 Å². The second-order valence-electron chi connectivity index (χ2n) is 3.90. The zero-order valence-electron chi connectivity index (χ0n) is 8.36. The highest BCUT2D eigenvalue weighted by molar-refractivity contribution is 5.34. The molecular weight excluding hydrogens is 188 g/mol. The molecule has 0 aliphatic heterocycles. The van der Waals surface area contributed by atoms with Crippen LogP contribution in [0.3, 0.4) is 0 Å². The molecule has 0 spiro atoms. The molecule has 1 aliphatic rings. The highest BCUT2D eigenvalue weighted by atomic mass is 16.1. The Hall–Kier alpha value is -1.77. The van der Waals surface area contributed by atoms with Crippen molar-refractivity contribution in [3.8, 4) is 5.69 Å². The standard InChI is InChI=1S/C12H12N2O/c15-12-10-7-4-8-11(10)13-14(12)9-5-2-1-3-6-9/h1-3,5-6,13H,4,7-8H2. The van der Waals surface area contributed by atoms with E-state index in [0.717, 1.165) is 36.2 Å². The van der Waals surface area contributed by atoms with Gasteiger partial charge in [-0.15, -0.1) is 0 Å². The molecule has 0 saturated carbocycles. The molecule has 1 heterocycles. The Balaban J connectivity index is 2.19. The molecule has 0 saturated heterocycles. The number of nitrogens with zero attached hydrogens (tertiary/aromatic N) is 1. The summed E-state index contributed by atoms with van der Waals surface area (Å²) in [4.78, 5) is 12.0. The first kappa shape index (κ1) is 8.53. The van der Waals surface area contributed by atoms with Crippen LogP contribution in [0.15, 0.2) is 35.1 Å². The van der Waals surface area contributed by atoms with Crippen molar-refractivity contribution in [3.63, 3.8) is 0 Å². The second-order valence-corrected chi connectivity index (χ2v) is 3.90. The predicted molar refractivity (Wildman–Crippen MR) is 58.4 cm³/mol. The molecule has 1 aromatic carbocycles. The number of hydrogen-bond acceptors (Lipinski definition) is 1. The lowest BCUT2D eigenvalue weighted by Crippen LogP contribution is -2.16. The maximum absolute atomic E-state index is 12.0. The van der Waals surface area contributed by atoms with Gasteiger partial charge < -0.3 is 0 Å². The van der Waals surface area contributed by atoms with Gasteiger partial charge >= 0.3 is 0 Å². The van der Waals surface area contributed by atoms with Gasteiger partial charge in [-0.2, -0.15) is 0 Å². The third-order valence-corrected chi connectivity index (χ3v) is 2.94. The molecule has 3 heteroatoms. The number of hydrogen-bond donors (Lipinski definition) is 1. The van der Waals surface area contributed by atoms with Crippen LogP contribution >= 0.6 is 0 Å². The molecule has 1 aliphatic carbocycles. The maximum Gasteiger partial charge on any atom is 0.274 e. The molecule has 0 unspecified atom stereocenters. The molecule has 1 aromatic heterocycles. The quantitative estimate of drug-likeness (QED) is 0.746. The fraction of sp³-hybridized carbons (Fsp3) is 0.250. The molecule has 15 heavy (non-hydrogen) atoms. The van der Waals surface area contributed by atoms with E-state index in [1.165, 1.54) is 0 Å². The molecule has 2 aromatic rings. The summed E-state index contributed by atoms with van der Waals surface area (Å²) in [6, 6.07) is 9.70. The van der Waals surface area contributed by atoms with Crippen LogP contribution < -0.4 is 5.56 Å². The molecular formula is C12H12N2O. The molecule has 0 bridgehead atoms. The number of aromatic amines is 1. The van der Waals surface area contributed by atoms with Crippen LogP contribution in [0.5, 0.6) is 0 Å². The van der Waals surface area contributed by atoms with Crippen LogP contribution in [-0.2, 0) is 12.8 Å². The van der Waals surface area contributed by atoms with Crippen molar-refractivity contribution >= 4 is 0 Å². The van der Waals surface area contributed by atoms with Gasteiger partial charge in [-0.05, 0) is 31.4 Å². The Bertz CT molecular complexity index is 536. The molecule has 0 atom stereocenters. The summed E-state index contributed by atoms with van der Waals surface area (Å²) < 4.78 is 1.64. The summed E-state index contributed by atoms with van der Waals surface area (Å²) in [6.45, 7) is 0. The van der Waals surface area contributed by atoms with E-state index in [9.17, 15) is 4.79 Å². The molecule has 0 radical (unpaired) electrons. The van der Waals surface area contributed by atoms with Crippen LogP contribution in [0, 0.1) is 0 Å². The van der Waals surface area contributed by atoms with Crippen molar-refractivity contribution in [3.05, 3.63) is 51.9 Å². The largest absolute Gasteiger partial charge is 0.295 e. The smallest absolute Gasteiger partial charge is 0.274 e. The lowest BCUT2D eigenvalue weighted by atomic mass is 10.3. The summed E-state index contributed by atoms with van der Waals surface area (Å²) in [7, 11) is 0. The number of aromatic nitrogens is 2. The van der Waals surface area contributed by atoms with E-state index in [0.29, 0.717) is 0 Å². The van der Waals surface area contributed by atoms with Crippen LogP contribution in [0.2, 0.25) is 0 Å². The molecule has 3 rings (SSSR count). The third kappa shape index (κ3) is 1.23. The normalized spacial score (nSPS) is 14.1. The summed E-state index contributed by atoms with van der Waals surface area (Å²) in [5.74, 6) is 0.